The molecule has 0 radical (unpaired) electrons. The third-order valence-corrected chi connectivity index (χ3v) is 2.67. The molecule has 1 aromatic heterocycles. The predicted molar refractivity (Wildman–Crippen MR) is 64.0 cm³/mol. The summed E-state index contributed by atoms with van der Waals surface area (Å²) in [5, 5.41) is 3.90. The summed E-state index contributed by atoms with van der Waals surface area (Å²) in [7, 11) is 0. The van der Waals surface area contributed by atoms with E-state index in [9.17, 15) is 0 Å². The van der Waals surface area contributed by atoms with E-state index in [-0.39, 0.29) is 0 Å². The molecule has 0 saturated heterocycles. The molecule has 5 heteroatoms. The van der Waals surface area contributed by atoms with Crippen LogP contribution in [0.1, 0.15) is 17.3 Å². The van der Waals surface area contributed by atoms with E-state index in [1.165, 1.54) is 0 Å². The average molecular weight is 282 g/mol. The van der Waals surface area contributed by atoms with Gasteiger partial charge in [-0.2, -0.15) is 4.98 Å². The molecule has 0 amide bonds. The smallest absolute Gasteiger partial charge is 0.227 e. The SMILES string of the molecule is NCCc1nc(Cc2ccc(Br)cc2)no1. The molecule has 0 fully saturated rings. The largest absolute Gasteiger partial charge is 0.339 e. The van der Waals surface area contributed by atoms with Crippen molar-refractivity contribution in [3.8, 4) is 0 Å². The van der Waals surface area contributed by atoms with Crippen molar-refractivity contribution in [3.05, 3.63) is 46.0 Å². The van der Waals surface area contributed by atoms with Crippen LogP contribution in [-0.2, 0) is 12.8 Å². The van der Waals surface area contributed by atoms with Gasteiger partial charge in [0.2, 0.25) is 5.89 Å². The minimum absolute atomic E-state index is 0.528. The zero-order chi connectivity index (χ0) is 11.4. The van der Waals surface area contributed by atoms with E-state index in [1.807, 2.05) is 24.3 Å². The molecule has 0 bridgehead atoms. The summed E-state index contributed by atoms with van der Waals surface area (Å²) in [4.78, 5) is 4.25. The van der Waals surface area contributed by atoms with Crippen LogP contribution in [0.25, 0.3) is 0 Å². The average Bonchev–Trinajstić information content (AvgIpc) is 2.70. The summed E-state index contributed by atoms with van der Waals surface area (Å²) < 4.78 is 6.11. The van der Waals surface area contributed by atoms with Gasteiger partial charge in [0.25, 0.3) is 0 Å². The Hall–Kier alpha value is -1.20. The zero-order valence-electron chi connectivity index (χ0n) is 8.69. The van der Waals surface area contributed by atoms with Crippen molar-refractivity contribution in [1.29, 1.82) is 0 Å². The first kappa shape index (κ1) is 11.3. The maximum Gasteiger partial charge on any atom is 0.227 e. The normalized spacial score (nSPS) is 10.6. The van der Waals surface area contributed by atoms with E-state index < -0.39 is 0 Å². The molecule has 2 N–H and O–H groups in total. The second-order valence-electron chi connectivity index (χ2n) is 3.45. The van der Waals surface area contributed by atoms with Crippen molar-refractivity contribution >= 4 is 15.9 Å². The van der Waals surface area contributed by atoms with Crippen molar-refractivity contribution in [2.45, 2.75) is 12.8 Å². The number of halogens is 1. The second-order valence-corrected chi connectivity index (χ2v) is 4.36. The summed E-state index contributed by atoms with van der Waals surface area (Å²) in [5.41, 5.74) is 6.56. The zero-order valence-corrected chi connectivity index (χ0v) is 10.3. The van der Waals surface area contributed by atoms with Crippen LogP contribution in [0.5, 0.6) is 0 Å². The predicted octanol–water partition coefficient (Wildman–Crippen LogP) is 1.92. The van der Waals surface area contributed by atoms with Crippen LogP contribution in [0.2, 0.25) is 0 Å². The van der Waals surface area contributed by atoms with Crippen molar-refractivity contribution in [2.75, 3.05) is 6.54 Å². The van der Waals surface area contributed by atoms with Gasteiger partial charge in [-0.05, 0) is 17.7 Å². The van der Waals surface area contributed by atoms with Crippen LogP contribution in [-0.4, -0.2) is 16.7 Å². The molecular formula is C11H12BrN3O. The van der Waals surface area contributed by atoms with Crippen LogP contribution >= 0.6 is 15.9 Å². The van der Waals surface area contributed by atoms with E-state index in [4.69, 9.17) is 10.3 Å². The molecule has 0 atom stereocenters. The van der Waals surface area contributed by atoms with E-state index in [1.54, 1.807) is 0 Å². The Balaban J connectivity index is 2.05. The number of hydrogen-bond acceptors (Lipinski definition) is 4. The van der Waals surface area contributed by atoms with Crippen molar-refractivity contribution in [1.82, 2.24) is 10.1 Å². The van der Waals surface area contributed by atoms with Crippen LogP contribution in [0.3, 0.4) is 0 Å². The summed E-state index contributed by atoms with van der Waals surface area (Å²) in [6, 6.07) is 8.05. The summed E-state index contributed by atoms with van der Waals surface area (Å²) >= 11 is 3.39. The van der Waals surface area contributed by atoms with E-state index >= 15 is 0 Å². The minimum atomic E-state index is 0.528. The van der Waals surface area contributed by atoms with E-state index in [2.05, 4.69) is 26.1 Å². The molecule has 16 heavy (non-hydrogen) atoms. The highest BCUT2D eigenvalue weighted by Gasteiger charge is 2.05. The molecule has 2 rings (SSSR count). The highest BCUT2D eigenvalue weighted by Crippen LogP contribution is 2.12. The lowest BCUT2D eigenvalue weighted by molar-refractivity contribution is 0.375. The third-order valence-electron chi connectivity index (χ3n) is 2.14. The highest BCUT2D eigenvalue weighted by molar-refractivity contribution is 9.10. The van der Waals surface area contributed by atoms with Crippen LogP contribution in [0.15, 0.2) is 33.3 Å². The van der Waals surface area contributed by atoms with Gasteiger partial charge < -0.3 is 10.3 Å². The Kier molecular flexibility index (Phi) is 3.69. The summed E-state index contributed by atoms with van der Waals surface area (Å²) in [6.07, 6.45) is 1.31. The van der Waals surface area contributed by atoms with Gasteiger partial charge in [0.1, 0.15) is 0 Å². The van der Waals surface area contributed by atoms with Gasteiger partial charge in [-0.25, -0.2) is 0 Å². The lowest BCUT2D eigenvalue weighted by Crippen LogP contribution is -2.02. The number of rotatable bonds is 4. The van der Waals surface area contributed by atoms with Crippen LogP contribution in [0.4, 0.5) is 0 Å². The minimum Gasteiger partial charge on any atom is -0.339 e. The van der Waals surface area contributed by atoms with Gasteiger partial charge in [0, 0.05) is 23.9 Å². The first-order valence-corrected chi connectivity index (χ1v) is 5.83. The van der Waals surface area contributed by atoms with Crippen LogP contribution in [0, 0.1) is 0 Å². The first-order valence-electron chi connectivity index (χ1n) is 5.04. The van der Waals surface area contributed by atoms with Gasteiger partial charge in [-0.1, -0.05) is 33.2 Å². The number of hydrogen-bond donors (Lipinski definition) is 1. The fourth-order valence-corrected chi connectivity index (χ4v) is 1.64. The molecule has 4 nitrogen and oxygen atoms in total. The number of aromatic nitrogens is 2. The number of nitrogens with two attached hydrogens (primary N) is 1. The molecular weight excluding hydrogens is 270 g/mol. The molecule has 0 aliphatic rings. The third kappa shape index (κ3) is 2.90. The van der Waals surface area contributed by atoms with Crippen molar-refractivity contribution in [3.63, 3.8) is 0 Å². The summed E-state index contributed by atoms with van der Waals surface area (Å²) in [5.74, 6) is 1.31. The molecule has 0 unspecified atom stereocenters. The van der Waals surface area contributed by atoms with Gasteiger partial charge in [0.05, 0.1) is 0 Å². The Morgan fingerprint density at radius 3 is 2.69 bits per heavy atom. The van der Waals surface area contributed by atoms with Crippen molar-refractivity contribution in [2.24, 2.45) is 5.73 Å². The maximum absolute atomic E-state index is 5.41. The molecule has 0 aliphatic carbocycles. The Morgan fingerprint density at radius 1 is 1.25 bits per heavy atom. The van der Waals surface area contributed by atoms with E-state index in [0.29, 0.717) is 31.1 Å². The van der Waals surface area contributed by atoms with Crippen molar-refractivity contribution < 1.29 is 4.52 Å². The Bertz CT molecular complexity index is 453. The maximum atomic E-state index is 5.41. The standard InChI is InChI=1S/C11H12BrN3O/c12-9-3-1-8(2-4-9)7-10-14-11(5-6-13)16-15-10/h1-4H,5-7,13H2. The van der Waals surface area contributed by atoms with Gasteiger partial charge in [-0.15, -0.1) is 0 Å². The molecule has 1 heterocycles. The number of nitrogens with zero attached hydrogens (tertiary/aromatic N) is 2. The topological polar surface area (TPSA) is 64.9 Å². The van der Waals surface area contributed by atoms with Crippen LogP contribution < -0.4 is 5.73 Å². The van der Waals surface area contributed by atoms with Gasteiger partial charge in [-0.3, -0.25) is 0 Å². The Labute approximate surface area is 102 Å². The second kappa shape index (κ2) is 5.23. The highest BCUT2D eigenvalue weighted by atomic mass is 79.9. The molecule has 0 saturated carbocycles. The molecule has 2 aromatic rings. The molecule has 0 spiro atoms. The summed E-state index contributed by atoms with van der Waals surface area (Å²) in [6.45, 7) is 0.528. The van der Waals surface area contributed by atoms with Gasteiger partial charge in [0.15, 0.2) is 5.82 Å². The fraction of sp³-hybridized carbons (Fsp3) is 0.273. The lowest BCUT2D eigenvalue weighted by atomic mass is 10.1. The first-order chi connectivity index (χ1) is 7.78. The molecule has 1 aromatic carbocycles. The van der Waals surface area contributed by atoms with E-state index in [0.717, 1.165) is 10.0 Å². The number of benzene rings is 1. The Morgan fingerprint density at radius 2 is 2.00 bits per heavy atom. The lowest BCUT2D eigenvalue weighted by Gasteiger charge is -1.96. The molecule has 84 valence electrons. The quantitative estimate of drug-likeness (QED) is 0.930. The monoisotopic (exact) mass is 281 g/mol. The van der Waals surface area contributed by atoms with Gasteiger partial charge >= 0.3 is 0 Å². The fourth-order valence-electron chi connectivity index (χ4n) is 1.37. The molecule has 0 aliphatic heterocycles.